The first kappa shape index (κ1) is 21.8. The van der Waals surface area contributed by atoms with E-state index in [1.807, 2.05) is 54.7 Å². The van der Waals surface area contributed by atoms with E-state index in [0.717, 1.165) is 30.0 Å². The Morgan fingerprint density at radius 3 is 2.32 bits per heavy atom. The smallest absolute Gasteiger partial charge is 0.274 e. The van der Waals surface area contributed by atoms with Gasteiger partial charge in [0.2, 0.25) is 0 Å². The van der Waals surface area contributed by atoms with E-state index in [-0.39, 0.29) is 17.2 Å². The van der Waals surface area contributed by atoms with E-state index in [4.69, 9.17) is 0 Å². The molecule has 1 fully saturated rings. The topological polar surface area (TPSA) is 80.1 Å². The molecule has 0 spiro atoms. The van der Waals surface area contributed by atoms with Gasteiger partial charge in [0.15, 0.2) is 5.69 Å². The highest BCUT2D eigenvalue weighted by Gasteiger charge is 2.17. The number of carbonyl (C=O) groups excluding carboxylic acids is 1. The zero-order chi connectivity index (χ0) is 23.3. The van der Waals surface area contributed by atoms with Crippen molar-refractivity contribution in [3.05, 3.63) is 100 Å². The van der Waals surface area contributed by atoms with Crippen molar-refractivity contribution < 1.29 is 4.79 Å². The first-order valence-corrected chi connectivity index (χ1v) is 11.7. The third-order valence-electron chi connectivity index (χ3n) is 6.20. The molecule has 1 amide bonds. The van der Waals surface area contributed by atoms with Crippen LogP contribution in [0, 0.1) is 0 Å². The fourth-order valence-corrected chi connectivity index (χ4v) is 4.36. The van der Waals surface area contributed by atoms with Gasteiger partial charge in [-0.2, -0.15) is 5.10 Å². The van der Waals surface area contributed by atoms with E-state index in [1.54, 1.807) is 18.2 Å². The number of benzene rings is 2. The van der Waals surface area contributed by atoms with Gasteiger partial charge in [-0.05, 0) is 42.5 Å². The number of anilines is 1. The second-order valence-electron chi connectivity index (χ2n) is 8.60. The van der Waals surface area contributed by atoms with Crippen molar-refractivity contribution in [3.8, 4) is 0 Å². The van der Waals surface area contributed by atoms with Crippen molar-refractivity contribution in [2.45, 2.75) is 32.4 Å². The van der Waals surface area contributed by atoms with Crippen molar-refractivity contribution in [1.29, 1.82) is 0 Å². The van der Waals surface area contributed by atoms with Crippen LogP contribution in [-0.2, 0) is 13.1 Å². The number of nitrogens with zero attached hydrogens (tertiary/aromatic N) is 4. The van der Waals surface area contributed by atoms with E-state index in [2.05, 4.69) is 20.3 Å². The lowest BCUT2D eigenvalue weighted by molar-refractivity contribution is 0.0945. The van der Waals surface area contributed by atoms with Crippen molar-refractivity contribution in [3.63, 3.8) is 0 Å². The van der Waals surface area contributed by atoms with Crippen LogP contribution in [-0.4, -0.2) is 33.8 Å². The maximum Gasteiger partial charge on any atom is 0.274 e. The standard InChI is InChI=1S/C27H27N5O2/c33-26(29-18-21-13-14-24(28-17-21)31-15-7-2-8-16-31)25-22-11-5-6-12-23(22)27(34)32(30-25)19-20-9-3-1-4-10-20/h1,3-6,9-14,17H,2,7-8,15-16,18-19H2,(H,29,33). The summed E-state index contributed by atoms with van der Waals surface area (Å²) in [7, 11) is 0. The zero-order valence-corrected chi connectivity index (χ0v) is 19.0. The maximum absolute atomic E-state index is 13.1. The average molecular weight is 454 g/mol. The van der Waals surface area contributed by atoms with Gasteiger partial charge in [-0.15, -0.1) is 0 Å². The number of carbonyl (C=O) groups is 1. The van der Waals surface area contributed by atoms with Gasteiger partial charge in [-0.25, -0.2) is 9.67 Å². The fourth-order valence-electron chi connectivity index (χ4n) is 4.36. The summed E-state index contributed by atoms with van der Waals surface area (Å²) >= 11 is 0. The average Bonchev–Trinajstić information content (AvgIpc) is 2.90. The maximum atomic E-state index is 13.1. The molecule has 5 rings (SSSR count). The van der Waals surface area contributed by atoms with Crippen LogP contribution in [0.15, 0.2) is 77.7 Å². The van der Waals surface area contributed by atoms with Crippen LogP contribution in [0.2, 0.25) is 0 Å². The zero-order valence-electron chi connectivity index (χ0n) is 19.0. The number of fused-ring (bicyclic) bond motifs is 1. The summed E-state index contributed by atoms with van der Waals surface area (Å²) in [5, 5.41) is 8.43. The lowest BCUT2D eigenvalue weighted by Gasteiger charge is -2.27. The van der Waals surface area contributed by atoms with Crippen LogP contribution >= 0.6 is 0 Å². The third-order valence-corrected chi connectivity index (χ3v) is 6.20. The van der Waals surface area contributed by atoms with E-state index in [1.165, 1.54) is 23.9 Å². The van der Waals surface area contributed by atoms with E-state index < -0.39 is 0 Å². The molecule has 0 aliphatic carbocycles. The fraction of sp³-hybridized carbons (Fsp3) is 0.259. The highest BCUT2D eigenvalue weighted by Crippen LogP contribution is 2.18. The summed E-state index contributed by atoms with van der Waals surface area (Å²) < 4.78 is 1.36. The molecule has 0 saturated carbocycles. The molecule has 7 nitrogen and oxygen atoms in total. The molecule has 0 bridgehead atoms. The summed E-state index contributed by atoms with van der Waals surface area (Å²) in [6.07, 6.45) is 5.49. The van der Waals surface area contributed by atoms with Crippen LogP contribution in [0.5, 0.6) is 0 Å². The first-order valence-electron chi connectivity index (χ1n) is 11.7. The van der Waals surface area contributed by atoms with Crippen molar-refractivity contribution in [2.24, 2.45) is 0 Å². The summed E-state index contributed by atoms with van der Waals surface area (Å²) in [6, 6.07) is 20.7. The molecule has 3 heterocycles. The van der Waals surface area contributed by atoms with Gasteiger partial charge in [-0.1, -0.05) is 54.6 Å². The first-order chi connectivity index (χ1) is 16.7. The molecular weight excluding hydrogens is 426 g/mol. The minimum Gasteiger partial charge on any atom is -0.357 e. The monoisotopic (exact) mass is 453 g/mol. The Labute approximate surface area is 198 Å². The second-order valence-corrected chi connectivity index (χ2v) is 8.60. The van der Waals surface area contributed by atoms with Gasteiger partial charge < -0.3 is 10.2 Å². The van der Waals surface area contributed by atoms with E-state index in [9.17, 15) is 9.59 Å². The van der Waals surface area contributed by atoms with Gasteiger partial charge in [0.25, 0.3) is 11.5 Å². The predicted molar refractivity (Wildman–Crippen MR) is 133 cm³/mol. The number of rotatable bonds is 6. The Bertz CT molecular complexity index is 1340. The van der Waals surface area contributed by atoms with Crippen molar-refractivity contribution in [1.82, 2.24) is 20.1 Å². The molecule has 7 heteroatoms. The number of hydrogen-bond acceptors (Lipinski definition) is 5. The SMILES string of the molecule is O=C(NCc1ccc(N2CCCCC2)nc1)c1nn(Cc2ccccc2)c(=O)c2ccccc12. The van der Waals surface area contributed by atoms with Crippen LogP contribution < -0.4 is 15.8 Å². The summed E-state index contributed by atoms with van der Waals surface area (Å²) in [5.74, 6) is 0.661. The molecule has 4 aromatic rings. The highest BCUT2D eigenvalue weighted by atomic mass is 16.2. The Kier molecular flexibility index (Phi) is 6.33. The Balaban J connectivity index is 1.36. The number of pyridine rings is 1. The lowest BCUT2D eigenvalue weighted by Crippen LogP contribution is -2.31. The molecule has 1 aliphatic rings. The molecule has 0 atom stereocenters. The van der Waals surface area contributed by atoms with Gasteiger partial charge >= 0.3 is 0 Å². The van der Waals surface area contributed by atoms with Crippen LogP contribution in [0.25, 0.3) is 10.8 Å². The summed E-state index contributed by atoms with van der Waals surface area (Å²) in [4.78, 5) is 33.0. The number of aromatic nitrogens is 3. The molecule has 0 radical (unpaired) electrons. The molecular formula is C27H27N5O2. The van der Waals surface area contributed by atoms with Crippen LogP contribution in [0.3, 0.4) is 0 Å². The molecule has 0 unspecified atom stereocenters. The normalized spacial score (nSPS) is 13.7. The molecule has 2 aromatic heterocycles. The predicted octanol–water partition coefficient (Wildman–Crippen LogP) is 3.76. The summed E-state index contributed by atoms with van der Waals surface area (Å²) in [5.41, 5.74) is 1.88. The highest BCUT2D eigenvalue weighted by molar-refractivity contribution is 6.04. The van der Waals surface area contributed by atoms with Gasteiger partial charge in [-0.3, -0.25) is 9.59 Å². The van der Waals surface area contributed by atoms with Gasteiger partial charge in [0, 0.05) is 31.2 Å². The molecule has 172 valence electrons. The number of hydrogen-bond donors (Lipinski definition) is 1. The van der Waals surface area contributed by atoms with Crippen molar-refractivity contribution in [2.75, 3.05) is 18.0 Å². The number of piperidine rings is 1. The quantitative estimate of drug-likeness (QED) is 0.481. The molecule has 1 aliphatic heterocycles. The largest absolute Gasteiger partial charge is 0.357 e. The third kappa shape index (κ3) is 4.69. The molecule has 34 heavy (non-hydrogen) atoms. The van der Waals surface area contributed by atoms with Gasteiger partial charge in [0.05, 0.1) is 11.9 Å². The molecule has 1 saturated heterocycles. The van der Waals surface area contributed by atoms with E-state index in [0.29, 0.717) is 23.9 Å². The lowest BCUT2D eigenvalue weighted by atomic mass is 10.1. The van der Waals surface area contributed by atoms with Crippen molar-refractivity contribution >= 4 is 22.5 Å². The molecule has 2 aromatic carbocycles. The van der Waals surface area contributed by atoms with E-state index >= 15 is 0 Å². The Morgan fingerprint density at radius 2 is 1.59 bits per heavy atom. The Hall–Kier alpha value is -4.00. The van der Waals surface area contributed by atoms with Crippen LogP contribution in [0.1, 0.15) is 40.9 Å². The minimum atomic E-state index is -0.321. The van der Waals surface area contributed by atoms with Gasteiger partial charge in [0.1, 0.15) is 5.82 Å². The summed E-state index contributed by atoms with van der Waals surface area (Å²) in [6.45, 7) is 2.72. The number of amides is 1. The molecule has 1 N–H and O–H groups in total. The van der Waals surface area contributed by atoms with Crippen LogP contribution in [0.4, 0.5) is 5.82 Å². The Morgan fingerprint density at radius 1 is 0.853 bits per heavy atom. The second kappa shape index (κ2) is 9.87. The minimum absolute atomic E-state index is 0.214. The number of nitrogens with one attached hydrogen (secondary N) is 1.